The first kappa shape index (κ1) is 25.5. The molecule has 8 heteroatoms. The predicted octanol–water partition coefficient (Wildman–Crippen LogP) is 6.37. The van der Waals surface area contributed by atoms with Crippen LogP contribution in [0, 0.1) is 6.92 Å². The third-order valence-electron chi connectivity index (χ3n) is 6.82. The van der Waals surface area contributed by atoms with Gasteiger partial charge in [-0.15, -0.1) is 0 Å². The number of aliphatic hydroxyl groups is 1. The van der Waals surface area contributed by atoms with E-state index in [4.69, 9.17) is 9.47 Å². The highest BCUT2D eigenvalue weighted by Gasteiger charge is 2.48. The lowest BCUT2D eigenvalue weighted by molar-refractivity contribution is -0.132. The molecule has 1 saturated heterocycles. The number of carbonyl (C=O) groups excluding carboxylic acids is 2. The molecule has 1 fully saturated rings. The number of hydrogen-bond acceptors (Lipinski definition) is 7. The van der Waals surface area contributed by atoms with Gasteiger partial charge in [0, 0.05) is 5.56 Å². The Hall–Kier alpha value is -4.17. The van der Waals surface area contributed by atoms with E-state index in [2.05, 4.69) is 18.8 Å². The van der Waals surface area contributed by atoms with E-state index < -0.39 is 17.7 Å². The van der Waals surface area contributed by atoms with E-state index >= 15 is 0 Å². The number of fused-ring (bicyclic) bond motifs is 1. The van der Waals surface area contributed by atoms with Gasteiger partial charge in [-0.25, -0.2) is 4.98 Å². The summed E-state index contributed by atoms with van der Waals surface area (Å²) in [4.78, 5) is 33.1. The summed E-state index contributed by atoms with van der Waals surface area (Å²) in [5, 5.41) is 11.8. The van der Waals surface area contributed by atoms with Crippen LogP contribution >= 0.6 is 11.3 Å². The van der Waals surface area contributed by atoms with Gasteiger partial charge < -0.3 is 14.6 Å². The number of nitrogens with zero attached hydrogens (tertiary/aromatic N) is 2. The maximum absolute atomic E-state index is 13.5. The first-order valence-electron chi connectivity index (χ1n) is 12.2. The van der Waals surface area contributed by atoms with Gasteiger partial charge in [0.1, 0.15) is 17.3 Å². The number of benzene rings is 3. The van der Waals surface area contributed by atoms with Crippen molar-refractivity contribution in [1.29, 1.82) is 0 Å². The number of amides is 1. The lowest BCUT2D eigenvalue weighted by atomic mass is 9.93. The molecule has 1 aliphatic heterocycles. The van der Waals surface area contributed by atoms with Crippen molar-refractivity contribution >= 4 is 44.1 Å². The van der Waals surface area contributed by atoms with E-state index in [1.54, 1.807) is 38.5 Å². The van der Waals surface area contributed by atoms with Gasteiger partial charge in [0.2, 0.25) is 0 Å². The molecule has 0 bridgehead atoms. The third kappa shape index (κ3) is 4.31. The molecule has 4 aromatic rings. The summed E-state index contributed by atoms with van der Waals surface area (Å²) in [6, 6.07) is 17.5. The number of rotatable bonds is 6. The monoisotopic (exact) mass is 528 g/mol. The standard InChI is InChI=1S/C30H28N2O5S/c1-16(2)18-6-8-19(9-7-18)26-25(27(33)20-10-13-23(37-5)17(3)14-20)28(34)29(35)32(26)30-31-22-12-11-21(36-4)15-24(22)38-30/h6-16,26,33H,1-5H3/b27-25+. The molecule has 1 N–H and O–H groups in total. The van der Waals surface area contributed by atoms with Crippen LogP contribution < -0.4 is 14.4 Å². The van der Waals surface area contributed by atoms with E-state index in [-0.39, 0.29) is 11.3 Å². The van der Waals surface area contributed by atoms with Gasteiger partial charge in [-0.3, -0.25) is 14.5 Å². The van der Waals surface area contributed by atoms with Crippen molar-refractivity contribution in [2.45, 2.75) is 32.7 Å². The van der Waals surface area contributed by atoms with Gasteiger partial charge in [-0.1, -0.05) is 49.4 Å². The van der Waals surface area contributed by atoms with E-state index in [0.29, 0.717) is 39.2 Å². The Morgan fingerprint density at radius 1 is 1.00 bits per heavy atom. The lowest BCUT2D eigenvalue weighted by Gasteiger charge is -2.23. The third-order valence-corrected chi connectivity index (χ3v) is 7.84. The fourth-order valence-corrected chi connectivity index (χ4v) is 5.73. The molecule has 2 heterocycles. The summed E-state index contributed by atoms with van der Waals surface area (Å²) >= 11 is 1.29. The molecule has 1 atom stereocenters. The second-order valence-electron chi connectivity index (χ2n) is 9.50. The highest BCUT2D eigenvalue weighted by molar-refractivity contribution is 7.22. The second kappa shape index (κ2) is 9.95. The summed E-state index contributed by atoms with van der Waals surface area (Å²) < 4.78 is 11.5. The Balaban J connectivity index is 1.70. The van der Waals surface area contributed by atoms with Crippen LogP contribution in [-0.2, 0) is 9.59 Å². The Kier molecular flexibility index (Phi) is 6.67. The van der Waals surface area contributed by atoms with Crippen LogP contribution in [-0.4, -0.2) is 36.0 Å². The molecule has 7 nitrogen and oxygen atoms in total. The van der Waals surface area contributed by atoms with Crippen LogP contribution in [0.3, 0.4) is 0 Å². The molecule has 38 heavy (non-hydrogen) atoms. The quantitative estimate of drug-likeness (QED) is 0.178. The predicted molar refractivity (Wildman–Crippen MR) is 149 cm³/mol. The van der Waals surface area contributed by atoms with Gasteiger partial charge >= 0.3 is 5.91 Å². The summed E-state index contributed by atoms with van der Waals surface area (Å²) in [5.74, 6) is -0.0843. The maximum atomic E-state index is 13.5. The molecule has 0 saturated carbocycles. The van der Waals surface area contributed by atoms with Crippen LogP contribution in [0.5, 0.6) is 11.5 Å². The number of hydrogen-bond donors (Lipinski definition) is 1. The Labute approximate surface area is 225 Å². The number of thiazole rings is 1. The molecular formula is C30H28N2O5S. The Morgan fingerprint density at radius 3 is 2.37 bits per heavy atom. The van der Waals surface area contributed by atoms with E-state index in [1.165, 1.54) is 16.2 Å². The normalized spacial score (nSPS) is 17.0. The summed E-state index contributed by atoms with van der Waals surface area (Å²) in [7, 11) is 3.16. The van der Waals surface area contributed by atoms with Crippen molar-refractivity contribution in [3.05, 3.63) is 88.5 Å². The Bertz CT molecular complexity index is 1590. The number of aliphatic hydroxyl groups excluding tert-OH is 1. The zero-order valence-electron chi connectivity index (χ0n) is 21.8. The highest BCUT2D eigenvalue weighted by atomic mass is 32.1. The molecule has 5 rings (SSSR count). The smallest absolute Gasteiger partial charge is 0.301 e. The molecule has 0 radical (unpaired) electrons. The molecule has 1 unspecified atom stereocenters. The average molecular weight is 529 g/mol. The number of methoxy groups -OCH3 is 2. The van der Waals surface area contributed by atoms with Crippen molar-refractivity contribution in [2.75, 3.05) is 19.1 Å². The average Bonchev–Trinajstić information content (AvgIpc) is 3.45. The number of ether oxygens (including phenoxy) is 2. The van der Waals surface area contributed by atoms with Gasteiger partial charge in [0.25, 0.3) is 5.78 Å². The largest absolute Gasteiger partial charge is 0.507 e. The van der Waals surface area contributed by atoms with Crippen LogP contribution in [0.15, 0.2) is 66.2 Å². The zero-order valence-corrected chi connectivity index (χ0v) is 22.6. The first-order chi connectivity index (χ1) is 18.2. The SMILES string of the molecule is COc1ccc2nc(N3C(=O)C(=O)/C(=C(/O)c4ccc(OC)c(C)c4)C3c3ccc(C(C)C)cc3)sc2c1. The van der Waals surface area contributed by atoms with Crippen LogP contribution in [0.2, 0.25) is 0 Å². The number of ketones is 1. The van der Waals surface area contributed by atoms with Crippen molar-refractivity contribution in [2.24, 2.45) is 0 Å². The summed E-state index contributed by atoms with van der Waals surface area (Å²) in [6.07, 6.45) is 0. The number of carbonyl (C=O) groups is 2. The fourth-order valence-electron chi connectivity index (χ4n) is 4.71. The minimum absolute atomic E-state index is 0.0219. The van der Waals surface area contributed by atoms with E-state index in [1.807, 2.05) is 43.3 Å². The molecule has 3 aromatic carbocycles. The molecule has 194 valence electrons. The summed E-state index contributed by atoms with van der Waals surface area (Å²) in [5.41, 5.74) is 3.77. The minimum atomic E-state index is -0.846. The first-order valence-corrected chi connectivity index (χ1v) is 13.1. The van der Waals surface area contributed by atoms with Crippen molar-refractivity contribution in [3.63, 3.8) is 0 Å². The van der Waals surface area contributed by atoms with Gasteiger partial charge in [-0.05, 0) is 65.9 Å². The van der Waals surface area contributed by atoms with Gasteiger partial charge in [-0.2, -0.15) is 0 Å². The van der Waals surface area contributed by atoms with Crippen molar-refractivity contribution in [3.8, 4) is 11.5 Å². The number of aryl methyl sites for hydroxylation is 1. The van der Waals surface area contributed by atoms with Crippen LogP contribution in [0.1, 0.15) is 48.1 Å². The topological polar surface area (TPSA) is 89.0 Å². The zero-order chi connectivity index (χ0) is 27.1. The lowest BCUT2D eigenvalue weighted by Crippen LogP contribution is -2.29. The van der Waals surface area contributed by atoms with E-state index in [9.17, 15) is 14.7 Å². The van der Waals surface area contributed by atoms with Crippen LogP contribution in [0.4, 0.5) is 5.13 Å². The number of Topliss-reactive ketones (excluding diaryl/α,β-unsaturated/α-hetero) is 1. The van der Waals surface area contributed by atoms with E-state index in [0.717, 1.165) is 15.8 Å². The fraction of sp³-hybridized carbons (Fsp3) is 0.233. The second-order valence-corrected chi connectivity index (χ2v) is 10.5. The molecule has 1 aromatic heterocycles. The molecular weight excluding hydrogens is 500 g/mol. The molecule has 1 aliphatic rings. The van der Waals surface area contributed by atoms with Gasteiger partial charge in [0.15, 0.2) is 5.13 Å². The number of aromatic nitrogens is 1. The minimum Gasteiger partial charge on any atom is -0.507 e. The Morgan fingerprint density at radius 2 is 1.74 bits per heavy atom. The van der Waals surface area contributed by atoms with Crippen molar-refractivity contribution < 1.29 is 24.2 Å². The highest BCUT2D eigenvalue weighted by Crippen LogP contribution is 2.45. The van der Waals surface area contributed by atoms with Crippen molar-refractivity contribution in [1.82, 2.24) is 4.98 Å². The number of anilines is 1. The summed E-state index contributed by atoms with van der Waals surface area (Å²) in [6.45, 7) is 6.05. The molecule has 1 amide bonds. The molecule has 0 spiro atoms. The maximum Gasteiger partial charge on any atom is 0.301 e. The van der Waals surface area contributed by atoms with Crippen LogP contribution in [0.25, 0.3) is 16.0 Å². The van der Waals surface area contributed by atoms with Gasteiger partial charge in [0.05, 0.1) is 36.1 Å². The molecule has 0 aliphatic carbocycles.